The van der Waals surface area contributed by atoms with Crippen LogP contribution in [0, 0.1) is 20.8 Å². The number of imidazole rings is 1. The van der Waals surface area contributed by atoms with E-state index in [-0.39, 0.29) is 5.91 Å². The van der Waals surface area contributed by atoms with E-state index >= 15 is 0 Å². The molecule has 1 N–H and O–H groups in total. The van der Waals surface area contributed by atoms with Crippen molar-refractivity contribution >= 4 is 11.6 Å². The summed E-state index contributed by atoms with van der Waals surface area (Å²) in [5.41, 5.74) is 4.74. The van der Waals surface area contributed by atoms with Gasteiger partial charge in [0.15, 0.2) is 0 Å². The highest BCUT2D eigenvalue weighted by Crippen LogP contribution is 2.25. The average Bonchev–Trinajstić information content (AvgIpc) is 3.42. The molecule has 5 aromatic rings. The summed E-state index contributed by atoms with van der Waals surface area (Å²) in [6.07, 6.45) is 1.73. The number of hydrogen-bond donors (Lipinski definition) is 1. The van der Waals surface area contributed by atoms with Crippen molar-refractivity contribution in [1.82, 2.24) is 29.3 Å². The van der Waals surface area contributed by atoms with Crippen LogP contribution in [-0.2, 0) is 7.05 Å². The second-order valence-corrected chi connectivity index (χ2v) is 8.38. The Labute approximate surface area is 208 Å². The van der Waals surface area contributed by atoms with Crippen LogP contribution in [0.2, 0.25) is 0 Å². The minimum Gasteiger partial charge on any atom is -0.439 e. The lowest BCUT2D eigenvalue weighted by molar-refractivity contribution is 0.101. The fourth-order valence-corrected chi connectivity index (χ4v) is 3.78. The van der Waals surface area contributed by atoms with Crippen LogP contribution in [0.25, 0.3) is 17.1 Å². The summed E-state index contributed by atoms with van der Waals surface area (Å²) in [6, 6.07) is 20.4. The van der Waals surface area contributed by atoms with Crippen LogP contribution in [0.1, 0.15) is 27.7 Å². The third kappa shape index (κ3) is 4.72. The van der Waals surface area contributed by atoms with Gasteiger partial charge in [0.2, 0.25) is 5.88 Å². The fourth-order valence-electron chi connectivity index (χ4n) is 3.78. The molecule has 0 aliphatic carbocycles. The van der Waals surface area contributed by atoms with E-state index in [1.54, 1.807) is 54.5 Å². The Morgan fingerprint density at radius 1 is 0.944 bits per heavy atom. The van der Waals surface area contributed by atoms with E-state index < -0.39 is 0 Å². The van der Waals surface area contributed by atoms with E-state index in [0.29, 0.717) is 34.7 Å². The van der Waals surface area contributed by atoms with Crippen molar-refractivity contribution in [3.63, 3.8) is 0 Å². The third-order valence-corrected chi connectivity index (χ3v) is 5.82. The molecule has 0 aliphatic rings. The molecule has 0 radical (unpaired) electrons. The number of aromatic nitrogens is 6. The molecule has 2 aromatic carbocycles. The number of ether oxygens (including phenoxy) is 1. The third-order valence-electron chi connectivity index (χ3n) is 5.82. The minimum atomic E-state index is -0.247. The van der Waals surface area contributed by atoms with Gasteiger partial charge in [0.1, 0.15) is 29.4 Å². The molecule has 5 rings (SSSR count). The Morgan fingerprint density at radius 3 is 2.39 bits per heavy atom. The number of nitrogens with one attached hydrogen (secondary N) is 1. The normalized spacial score (nSPS) is 10.9. The fraction of sp³-hybridized carbons (Fsp3) is 0.148. The van der Waals surface area contributed by atoms with Crippen LogP contribution in [0.15, 0.2) is 73.1 Å². The quantitative estimate of drug-likeness (QED) is 0.367. The molecule has 36 heavy (non-hydrogen) atoms. The zero-order chi connectivity index (χ0) is 25.2. The molecule has 0 atom stereocenters. The molecule has 9 heteroatoms. The SMILES string of the molecule is Cc1nc(Oc2ccc(NC(=O)c3cc(-c4ccccc4)nn3C)cc2)cc(-n2cnc(C)c2C)n1. The summed E-state index contributed by atoms with van der Waals surface area (Å²) in [5, 5.41) is 7.38. The van der Waals surface area contributed by atoms with Crippen LogP contribution >= 0.6 is 0 Å². The lowest BCUT2D eigenvalue weighted by atomic mass is 10.1. The van der Waals surface area contributed by atoms with Crippen molar-refractivity contribution in [2.45, 2.75) is 20.8 Å². The Morgan fingerprint density at radius 2 is 1.69 bits per heavy atom. The van der Waals surface area contributed by atoms with Crippen molar-refractivity contribution in [3.05, 3.63) is 96.0 Å². The molecule has 3 aromatic heterocycles. The molecule has 0 spiro atoms. The smallest absolute Gasteiger partial charge is 0.273 e. The van der Waals surface area contributed by atoms with E-state index in [2.05, 4.69) is 25.4 Å². The minimum absolute atomic E-state index is 0.247. The summed E-state index contributed by atoms with van der Waals surface area (Å²) in [5.74, 6) is 2.03. The molecule has 0 saturated carbocycles. The number of carbonyl (C=O) groups excluding carboxylic acids is 1. The van der Waals surface area contributed by atoms with Crippen molar-refractivity contribution in [3.8, 4) is 28.7 Å². The number of benzene rings is 2. The van der Waals surface area contributed by atoms with Gasteiger partial charge in [0.05, 0.1) is 11.4 Å². The van der Waals surface area contributed by atoms with E-state index in [4.69, 9.17) is 4.74 Å². The van der Waals surface area contributed by atoms with Crippen LogP contribution in [-0.4, -0.2) is 35.2 Å². The van der Waals surface area contributed by atoms with Gasteiger partial charge in [-0.2, -0.15) is 10.1 Å². The number of rotatable bonds is 6. The Bertz CT molecular complexity index is 1540. The van der Waals surface area contributed by atoms with Crippen LogP contribution in [0.5, 0.6) is 11.6 Å². The number of anilines is 1. The Hall–Kier alpha value is -4.79. The van der Waals surface area contributed by atoms with Gasteiger partial charge in [-0.3, -0.25) is 14.0 Å². The number of carbonyl (C=O) groups is 1. The second kappa shape index (κ2) is 9.46. The molecular formula is C27H25N7O2. The molecule has 180 valence electrons. The molecule has 0 aliphatic heterocycles. The van der Waals surface area contributed by atoms with Crippen LogP contribution < -0.4 is 10.1 Å². The molecule has 0 bridgehead atoms. The monoisotopic (exact) mass is 479 g/mol. The zero-order valence-electron chi connectivity index (χ0n) is 20.4. The summed E-state index contributed by atoms with van der Waals surface area (Å²) >= 11 is 0. The van der Waals surface area contributed by atoms with Gasteiger partial charge >= 0.3 is 0 Å². The van der Waals surface area contributed by atoms with Crippen molar-refractivity contribution in [1.29, 1.82) is 0 Å². The number of amides is 1. The van der Waals surface area contributed by atoms with Crippen LogP contribution in [0.3, 0.4) is 0 Å². The summed E-state index contributed by atoms with van der Waals surface area (Å²) < 4.78 is 9.45. The first-order chi connectivity index (χ1) is 17.4. The van der Waals surface area contributed by atoms with Gasteiger partial charge in [-0.05, 0) is 51.1 Å². The van der Waals surface area contributed by atoms with Gasteiger partial charge in [-0.1, -0.05) is 30.3 Å². The van der Waals surface area contributed by atoms with Gasteiger partial charge in [0, 0.05) is 30.1 Å². The predicted octanol–water partition coefficient (Wildman–Crippen LogP) is 5.03. The number of aryl methyl sites for hydroxylation is 3. The highest BCUT2D eigenvalue weighted by atomic mass is 16.5. The molecule has 1 amide bonds. The van der Waals surface area contributed by atoms with E-state index in [1.165, 1.54) is 0 Å². The lowest BCUT2D eigenvalue weighted by Crippen LogP contribution is -2.15. The largest absolute Gasteiger partial charge is 0.439 e. The first kappa shape index (κ1) is 23.0. The van der Waals surface area contributed by atoms with Gasteiger partial charge in [-0.25, -0.2) is 9.97 Å². The first-order valence-electron chi connectivity index (χ1n) is 11.4. The molecule has 0 fully saturated rings. The first-order valence-corrected chi connectivity index (χ1v) is 11.4. The average molecular weight is 480 g/mol. The van der Waals surface area contributed by atoms with Gasteiger partial charge in [-0.15, -0.1) is 0 Å². The number of hydrogen-bond acceptors (Lipinski definition) is 6. The zero-order valence-corrected chi connectivity index (χ0v) is 20.4. The van der Waals surface area contributed by atoms with Crippen molar-refractivity contribution in [2.24, 2.45) is 7.05 Å². The predicted molar refractivity (Wildman–Crippen MR) is 136 cm³/mol. The molecule has 3 heterocycles. The van der Waals surface area contributed by atoms with Crippen molar-refractivity contribution < 1.29 is 9.53 Å². The Balaban J connectivity index is 1.29. The van der Waals surface area contributed by atoms with Gasteiger partial charge in [0.25, 0.3) is 5.91 Å². The topological polar surface area (TPSA) is 99.8 Å². The molecular weight excluding hydrogens is 454 g/mol. The molecule has 0 unspecified atom stereocenters. The lowest BCUT2D eigenvalue weighted by Gasteiger charge is -2.10. The Kier molecular flexibility index (Phi) is 6.03. The van der Waals surface area contributed by atoms with Crippen LogP contribution in [0.4, 0.5) is 5.69 Å². The highest BCUT2D eigenvalue weighted by molar-refractivity contribution is 6.03. The van der Waals surface area contributed by atoms with E-state index in [0.717, 1.165) is 22.6 Å². The van der Waals surface area contributed by atoms with Crippen molar-refractivity contribution in [2.75, 3.05) is 5.32 Å². The highest BCUT2D eigenvalue weighted by Gasteiger charge is 2.15. The van der Waals surface area contributed by atoms with E-state index in [1.807, 2.05) is 55.7 Å². The maximum absolute atomic E-state index is 12.9. The molecule has 0 saturated heterocycles. The maximum atomic E-state index is 12.9. The maximum Gasteiger partial charge on any atom is 0.273 e. The number of nitrogens with zero attached hydrogens (tertiary/aromatic N) is 6. The summed E-state index contributed by atoms with van der Waals surface area (Å²) in [6.45, 7) is 5.76. The van der Waals surface area contributed by atoms with E-state index in [9.17, 15) is 4.79 Å². The summed E-state index contributed by atoms with van der Waals surface area (Å²) in [4.78, 5) is 26.1. The second-order valence-electron chi connectivity index (χ2n) is 8.38. The van der Waals surface area contributed by atoms with Gasteiger partial charge < -0.3 is 10.1 Å². The summed E-state index contributed by atoms with van der Waals surface area (Å²) in [7, 11) is 1.75. The molecule has 9 nitrogen and oxygen atoms in total. The standard InChI is InChI=1S/C27H25N7O2/c1-17-18(2)34(16-28-17)25-15-26(30-19(3)29-25)36-22-12-10-21(11-13-22)31-27(35)24-14-23(32-33(24)4)20-8-6-5-7-9-20/h5-16H,1-4H3,(H,31,35).